The average Bonchev–Trinajstić information content (AvgIpc) is 1.55. The van der Waals surface area contributed by atoms with Crippen molar-refractivity contribution < 1.29 is 42.5 Å². The van der Waals surface area contributed by atoms with E-state index in [9.17, 15) is 17.8 Å². The Kier molecular flexibility index (Phi) is 3.43. The zero-order valence-electron chi connectivity index (χ0n) is 62.9. The number of hydrogen-bond acceptors (Lipinski definition) is 3. The molecule has 9 aromatic carbocycles. The summed E-state index contributed by atoms with van der Waals surface area (Å²) in [7, 11) is 0. The fourth-order valence-electron chi connectivity index (χ4n) is 8.28. The molecule has 0 unspecified atom stereocenters. The molecule has 0 fully saturated rings. The van der Waals surface area contributed by atoms with E-state index in [1.807, 2.05) is 0 Å². The molecule has 7 heteroatoms. The first-order valence-electron chi connectivity index (χ1n) is 34.6. The van der Waals surface area contributed by atoms with Gasteiger partial charge in [0.2, 0.25) is 11.9 Å². The molecule has 5 aromatic heterocycles. The Balaban J connectivity index is 1.22. The monoisotopic (exact) mass is 848 g/mol. The Morgan fingerprint density at radius 3 is 1.09 bits per heavy atom. The SMILES string of the molecule is [2H]c1c([2H])c([2H])c2c(c1[2H])c1c([2H])c([2H])c([2H])c([2H])c1n2-c1nc(-c2ccccc2-n2c3c([2H])c([2H])c([2H])c([2H])c3c3c([2H])c([2H])c([2H])c([2H])c32)nc(-n2c3c([2H])c([2H])c([2H])c([2H])c3c3c([2H])c(-n4c5c([2H])c([2H])c([2H])c([2H])c5c5c([2H])c([2H])c([2H])c([2H])c54)c([2H])c([2H])c32)n1. The van der Waals surface area contributed by atoms with Gasteiger partial charge in [-0.1, -0.05) is 139 Å². The van der Waals surface area contributed by atoms with Gasteiger partial charge in [-0.15, -0.1) is 0 Å². The van der Waals surface area contributed by atoms with Crippen LogP contribution in [0.5, 0.6) is 0 Å². The number of para-hydroxylation sites is 8. The van der Waals surface area contributed by atoms with Crippen LogP contribution in [0.3, 0.4) is 0 Å². The maximum absolute atomic E-state index is 10.2. The second-order valence-electron chi connectivity index (χ2n) is 14.1. The highest BCUT2D eigenvalue weighted by atomic mass is 15.3. The summed E-state index contributed by atoms with van der Waals surface area (Å²) in [6.45, 7) is 0. The lowest BCUT2D eigenvalue weighted by Crippen LogP contribution is -2.11. The van der Waals surface area contributed by atoms with Crippen molar-refractivity contribution in [3.8, 4) is 34.7 Å². The molecule has 14 rings (SSSR count). The Morgan fingerprint density at radius 1 is 0.312 bits per heavy atom. The first-order valence-corrected chi connectivity index (χ1v) is 19.1. The molecule has 0 N–H and O–H groups in total. The highest BCUT2D eigenvalue weighted by molar-refractivity contribution is 6.13. The van der Waals surface area contributed by atoms with Crippen LogP contribution in [0.2, 0.25) is 0 Å². The van der Waals surface area contributed by atoms with Crippen LogP contribution in [0.4, 0.5) is 0 Å². The van der Waals surface area contributed by atoms with E-state index in [2.05, 4.69) is 0 Å². The molecule has 64 heavy (non-hydrogen) atoms. The van der Waals surface area contributed by atoms with Crippen molar-refractivity contribution in [3.63, 3.8) is 0 Å². The molecule has 0 amide bonds. The van der Waals surface area contributed by atoms with Crippen LogP contribution in [0.15, 0.2) is 212 Å². The lowest BCUT2D eigenvalue weighted by Gasteiger charge is -2.16. The van der Waals surface area contributed by atoms with Crippen molar-refractivity contribution in [2.45, 2.75) is 0 Å². The Morgan fingerprint density at radius 2 is 0.656 bits per heavy atom. The van der Waals surface area contributed by atoms with Crippen LogP contribution in [0.25, 0.3) is 122 Å². The van der Waals surface area contributed by atoms with Crippen LogP contribution < -0.4 is 0 Å². The molecule has 0 aliphatic rings. The number of fused-ring (bicyclic) bond motifs is 12. The number of rotatable bonds is 5. The fourth-order valence-corrected chi connectivity index (χ4v) is 8.28. The minimum Gasteiger partial charge on any atom is -0.309 e. The summed E-state index contributed by atoms with van der Waals surface area (Å²) < 4.78 is 287. The van der Waals surface area contributed by atoms with Gasteiger partial charge in [0, 0.05) is 54.3 Å². The van der Waals surface area contributed by atoms with Crippen LogP contribution in [-0.4, -0.2) is 33.2 Å². The number of benzene rings is 9. The van der Waals surface area contributed by atoms with Crippen LogP contribution in [0.1, 0.15) is 42.5 Å². The maximum atomic E-state index is 10.2. The predicted octanol–water partition coefficient (Wildman–Crippen LogP) is 13.9. The van der Waals surface area contributed by atoms with Gasteiger partial charge >= 0.3 is 0 Å². The minimum absolute atomic E-state index is 0.226. The van der Waals surface area contributed by atoms with Crippen LogP contribution >= 0.6 is 0 Å². The zero-order valence-corrected chi connectivity index (χ0v) is 31.9. The Hall–Kier alpha value is -8.81. The standard InChI is InChI=1S/C57H35N7/c1-9-25-46-37(17-1)38-18-2-10-26-47(38)61(46)36-33-34-54-45(35-36)43-23-7-15-31-52(43)64(54)57-59-55(58-56(60-57)63-50-29-13-5-21-41(50)42-22-6-14-30-51(42)63)44-24-8-16-32-53(44)62-48-27-11-3-19-39(48)40-20-4-12-28-49(40)62/h1-35H/i1D,2D,3D,4D,5D,6D,7D,9D,10D,11D,12D,13D,14D,15D,17D,18D,19D,20D,21D,22D,23D,25D,26D,27D,28D,29D,30D,31D,33D,34D,35D. The van der Waals surface area contributed by atoms with Crippen molar-refractivity contribution in [2.75, 3.05) is 0 Å². The molecule has 298 valence electrons. The number of hydrogen-bond donors (Lipinski definition) is 0. The van der Waals surface area contributed by atoms with E-state index in [0.29, 0.717) is 0 Å². The number of aromatic nitrogens is 7. The van der Waals surface area contributed by atoms with Crippen LogP contribution in [-0.2, 0) is 0 Å². The summed E-state index contributed by atoms with van der Waals surface area (Å²) in [5.41, 5.74) is -5.81. The van der Waals surface area contributed by atoms with Gasteiger partial charge in [0.05, 0.1) is 92.3 Å². The molecule has 0 bridgehead atoms. The lowest BCUT2D eigenvalue weighted by atomic mass is 10.1. The van der Waals surface area contributed by atoms with Gasteiger partial charge in [0.15, 0.2) is 5.82 Å². The minimum atomic E-state index is -1.05. The smallest absolute Gasteiger partial charge is 0.240 e. The van der Waals surface area contributed by atoms with Crippen molar-refractivity contribution in [2.24, 2.45) is 0 Å². The quantitative estimate of drug-likeness (QED) is 0.173. The third kappa shape index (κ3) is 4.89. The lowest BCUT2D eigenvalue weighted by molar-refractivity contribution is 0.892. The normalized spacial score (nSPS) is 18.8. The summed E-state index contributed by atoms with van der Waals surface area (Å²) in [5.74, 6) is -2.34. The molecule has 0 spiro atoms. The molecule has 7 nitrogen and oxygen atoms in total. The van der Waals surface area contributed by atoms with E-state index in [1.165, 1.54) is 24.3 Å². The maximum Gasteiger partial charge on any atom is 0.240 e. The average molecular weight is 849 g/mol. The Bertz CT molecular complexity index is 5830. The van der Waals surface area contributed by atoms with Gasteiger partial charge in [-0.2, -0.15) is 15.0 Å². The van der Waals surface area contributed by atoms with Gasteiger partial charge in [0.1, 0.15) is 0 Å². The molecular formula is C57H35N7. The molecule has 14 aromatic rings. The topological polar surface area (TPSA) is 58.4 Å². The third-order valence-electron chi connectivity index (χ3n) is 10.9. The molecule has 5 heterocycles. The van der Waals surface area contributed by atoms with Gasteiger partial charge in [-0.25, -0.2) is 0 Å². The molecule has 0 atom stereocenters. The highest BCUT2D eigenvalue weighted by Crippen LogP contribution is 2.39. The van der Waals surface area contributed by atoms with E-state index in [1.54, 1.807) is 0 Å². The van der Waals surface area contributed by atoms with E-state index >= 15 is 0 Å². The molecular weight excluding hydrogens is 783 g/mol. The molecule has 0 aliphatic heterocycles. The summed E-state index contributed by atoms with van der Waals surface area (Å²) in [6.07, 6.45) is 0. The molecule has 0 saturated carbocycles. The van der Waals surface area contributed by atoms with Gasteiger partial charge in [0.25, 0.3) is 0 Å². The summed E-state index contributed by atoms with van der Waals surface area (Å²) >= 11 is 0. The predicted molar refractivity (Wildman–Crippen MR) is 263 cm³/mol. The van der Waals surface area contributed by atoms with Crippen LogP contribution in [0, 0.1) is 0 Å². The van der Waals surface area contributed by atoms with Gasteiger partial charge in [-0.05, 0) is 72.6 Å². The summed E-state index contributed by atoms with van der Waals surface area (Å²) in [6, 6.07) is -20.9. The Labute approximate surface area is 409 Å². The fraction of sp³-hybridized carbons (Fsp3) is 0. The third-order valence-corrected chi connectivity index (χ3v) is 10.9. The van der Waals surface area contributed by atoms with Gasteiger partial charge in [-0.3, -0.25) is 9.13 Å². The second kappa shape index (κ2) is 13.3. The first-order chi connectivity index (χ1) is 44.7. The molecule has 0 aliphatic carbocycles. The summed E-state index contributed by atoms with van der Waals surface area (Å²) in [5, 5.41) is -3.93. The van der Waals surface area contributed by atoms with E-state index in [-0.39, 0.29) is 22.0 Å². The van der Waals surface area contributed by atoms with E-state index in [4.69, 9.17) is 39.6 Å². The largest absolute Gasteiger partial charge is 0.309 e. The molecule has 0 radical (unpaired) electrons. The summed E-state index contributed by atoms with van der Waals surface area (Å²) in [4.78, 5) is 14.5. The van der Waals surface area contributed by atoms with Crippen molar-refractivity contribution in [3.05, 3.63) is 212 Å². The molecule has 0 saturated heterocycles. The van der Waals surface area contributed by atoms with E-state index in [0.717, 1.165) is 18.3 Å². The first kappa shape index (κ1) is 16.5. The van der Waals surface area contributed by atoms with Crippen molar-refractivity contribution >= 4 is 87.2 Å². The zero-order chi connectivity index (χ0) is 68.9. The van der Waals surface area contributed by atoms with Crippen molar-refractivity contribution in [1.29, 1.82) is 0 Å². The van der Waals surface area contributed by atoms with E-state index < -0.39 is 287 Å². The number of nitrogens with zero attached hydrogens (tertiary/aromatic N) is 7. The van der Waals surface area contributed by atoms with Crippen molar-refractivity contribution in [1.82, 2.24) is 33.2 Å². The highest BCUT2D eigenvalue weighted by Gasteiger charge is 2.23. The van der Waals surface area contributed by atoms with Gasteiger partial charge < -0.3 is 9.13 Å². The second-order valence-corrected chi connectivity index (χ2v) is 14.1.